The average Bonchev–Trinajstić information content (AvgIpc) is 2.66. The van der Waals surface area contributed by atoms with Crippen LogP contribution in [0.5, 0.6) is 17.2 Å². The van der Waals surface area contributed by atoms with Crippen LogP contribution in [0.15, 0.2) is 50.1 Å². The van der Waals surface area contributed by atoms with Crippen LogP contribution in [0, 0.1) is 0 Å². The van der Waals surface area contributed by atoms with Crippen molar-refractivity contribution in [3.05, 3.63) is 62.6 Å². The van der Waals surface area contributed by atoms with Crippen LogP contribution in [0.25, 0.3) is 22.9 Å². The van der Waals surface area contributed by atoms with Crippen molar-refractivity contribution in [2.45, 2.75) is 0 Å². The van der Waals surface area contributed by atoms with E-state index in [0.717, 1.165) is 11.3 Å². The summed E-state index contributed by atoms with van der Waals surface area (Å²) in [7, 11) is 4.67. The zero-order valence-electron chi connectivity index (χ0n) is 14.5. The van der Waals surface area contributed by atoms with Crippen LogP contribution in [-0.4, -0.2) is 21.3 Å². The first-order chi connectivity index (χ1) is 12.6. The lowest BCUT2D eigenvalue weighted by Gasteiger charge is -2.11. The Labute approximate surface area is 158 Å². The summed E-state index contributed by atoms with van der Waals surface area (Å²) in [6, 6.07) is 11.1. The molecular formula is C20H17BrO5. The lowest BCUT2D eigenvalue weighted by atomic mass is 10.1. The minimum atomic E-state index is -0.475. The summed E-state index contributed by atoms with van der Waals surface area (Å²) in [6.07, 6.45) is 3.60. The highest BCUT2D eigenvalue weighted by Crippen LogP contribution is 2.39. The first-order valence-corrected chi connectivity index (χ1v) is 8.57. The molecule has 2 aromatic carbocycles. The molecular weight excluding hydrogens is 400 g/mol. The molecule has 0 amide bonds. The van der Waals surface area contributed by atoms with Crippen LogP contribution < -0.4 is 19.8 Å². The highest BCUT2D eigenvalue weighted by Gasteiger charge is 2.17. The van der Waals surface area contributed by atoms with Crippen LogP contribution in [0.1, 0.15) is 11.3 Å². The first-order valence-electron chi connectivity index (χ1n) is 7.78. The number of fused-ring (bicyclic) bond motifs is 1. The predicted molar refractivity (Wildman–Crippen MR) is 105 cm³/mol. The molecule has 0 aliphatic carbocycles. The highest BCUT2D eigenvalue weighted by atomic mass is 79.9. The fourth-order valence-corrected chi connectivity index (χ4v) is 3.25. The number of hydrogen-bond donors (Lipinski definition) is 0. The normalized spacial score (nSPS) is 11.1. The van der Waals surface area contributed by atoms with Crippen LogP contribution >= 0.6 is 15.9 Å². The Balaban J connectivity index is 2.06. The largest absolute Gasteiger partial charge is 0.497 e. The Morgan fingerprint density at radius 2 is 1.69 bits per heavy atom. The number of rotatable bonds is 5. The van der Waals surface area contributed by atoms with Gasteiger partial charge in [-0.3, -0.25) is 0 Å². The second kappa shape index (κ2) is 7.66. The van der Waals surface area contributed by atoms with Gasteiger partial charge in [0.1, 0.15) is 27.1 Å². The van der Waals surface area contributed by atoms with Gasteiger partial charge in [-0.25, -0.2) is 4.79 Å². The fraction of sp³-hybridized carbons (Fsp3) is 0.150. The molecule has 0 unspecified atom stereocenters. The molecule has 134 valence electrons. The maximum atomic E-state index is 12.5. The number of ether oxygens (including phenoxy) is 3. The van der Waals surface area contributed by atoms with E-state index in [2.05, 4.69) is 15.9 Å². The van der Waals surface area contributed by atoms with Gasteiger partial charge in [-0.15, -0.1) is 0 Å². The zero-order valence-corrected chi connectivity index (χ0v) is 16.1. The molecule has 0 N–H and O–H groups in total. The molecule has 0 aliphatic heterocycles. The number of halogens is 1. The van der Waals surface area contributed by atoms with Crippen molar-refractivity contribution in [2.24, 2.45) is 0 Å². The molecule has 1 aromatic heterocycles. The van der Waals surface area contributed by atoms with E-state index >= 15 is 0 Å². The smallest absolute Gasteiger partial charge is 0.347 e. The van der Waals surface area contributed by atoms with E-state index in [1.807, 2.05) is 30.3 Å². The van der Waals surface area contributed by atoms with Crippen molar-refractivity contribution in [3.8, 4) is 17.2 Å². The Morgan fingerprint density at radius 1 is 0.962 bits per heavy atom. The SMILES string of the molecule is COc1ccc(/C=C/c2cc3cc(OC)c(Br)c(OC)c3c(=O)o2)cc1. The second-order valence-corrected chi connectivity index (χ2v) is 6.23. The van der Waals surface area contributed by atoms with Gasteiger partial charge in [-0.2, -0.15) is 0 Å². The van der Waals surface area contributed by atoms with Gasteiger partial charge in [0.2, 0.25) is 0 Å². The molecule has 0 bridgehead atoms. The zero-order chi connectivity index (χ0) is 18.7. The molecule has 5 nitrogen and oxygen atoms in total. The number of methoxy groups -OCH3 is 3. The van der Waals surface area contributed by atoms with Crippen LogP contribution in [0.2, 0.25) is 0 Å². The highest BCUT2D eigenvalue weighted by molar-refractivity contribution is 9.10. The molecule has 26 heavy (non-hydrogen) atoms. The summed E-state index contributed by atoms with van der Waals surface area (Å²) in [5.41, 5.74) is 0.483. The van der Waals surface area contributed by atoms with Gasteiger partial charge in [-0.05, 0) is 51.8 Å². The van der Waals surface area contributed by atoms with E-state index in [0.29, 0.717) is 32.5 Å². The van der Waals surface area contributed by atoms with Gasteiger partial charge in [0, 0.05) is 5.39 Å². The third-order valence-electron chi connectivity index (χ3n) is 3.91. The summed E-state index contributed by atoms with van der Waals surface area (Å²) in [5.74, 6) is 2.18. The summed E-state index contributed by atoms with van der Waals surface area (Å²) >= 11 is 3.39. The third kappa shape index (κ3) is 3.46. The van der Waals surface area contributed by atoms with E-state index in [4.69, 9.17) is 18.6 Å². The third-order valence-corrected chi connectivity index (χ3v) is 4.66. The molecule has 0 saturated carbocycles. The van der Waals surface area contributed by atoms with Crippen molar-refractivity contribution >= 4 is 38.9 Å². The van der Waals surface area contributed by atoms with E-state index in [-0.39, 0.29) is 0 Å². The quantitative estimate of drug-likeness (QED) is 0.600. The number of hydrogen-bond acceptors (Lipinski definition) is 5. The van der Waals surface area contributed by atoms with E-state index in [9.17, 15) is 4.79 Å². The van der Waals surface area contributed by atoms with Crippen LogP contribution in [-0.2, 0) is 0 Å². The lowest BCUT2D eigenvalue weighted by Crippen LogP contribution is -2.04. The molecule has 0 atom stereocenters. The average molecular weight is 417 g/mol. The summed E-state index contributed by atoms with van der Waals surface area (Å²) < 4.78 is 21.8. The van der Waals surface area contributed by atoms with Gasteiger partial charge in [0.15, 0.2) is 5.75 Å². The van der Waals surface area contributed by atoms with E-state index in [1.54, 1.807) is 32.4 Å². The Bertz CT molecular complexity index is 1020. The van der Waals surface area contributed by atoms with Gasteiger partial charge < -0.3 is 18.6 Å². The van der Waals surface area contributed by atoms with Gasteiger partial charge >= 0.3 is 5.63 Å². The summed E-state index contributed by atoms with van der Waals surface area (Å²) in [6.45, 7) is 0. The van der Waals surface area contributed by atoms with Crippen LogP contribution in [0.4, 0.5) is 0 Å². The predicted octanol–water partition coefficient (Wildman–Crippen LogP) is 4.75. The van der Waals surface area contributed by atoms with Crippen molar-refractivity contribution in [3.63, 3.8) is 0 Å². The van der Waals surface area contributed by atoms with Crippen LogP contribution in [0.3, 0.4) is 0 Å². The minimum Gasteiger partial charge on any atom is -0.497 e. The molecule has 3 rings (SSSR count). The topological polar surface area (TPSA) is 57.9 Å². The molecule has 1 heterocycles. The van der Waals surface area contributed by atoms with Crippen molar-refractivity contribution in [2.75, 3.05) is 21.3 Å². The van der Waals surface area contributed by atoms with Crippen molar-refractivity contribution < 1.29 is 18.6 Å². The van der Waals surface area contributed by atoms with Crippen molar-refractivity contribution in [1.29, 1.82) is 0 Å². The maximum absolute atomic E-state index is 12.5. The van der Waals surface area contributed by atoms with Gasteiger partial charge in [-0.1, -0.05) is 18.2 Å². The standard InChI is InChI=1S/C20H17BrO5/c1-23-14-7-4-12(5-8-14)6-9-15-10-13-11-16(24-2)18(21)19(25-3)17(13)20(22)26-15/h4-11H,1-3H3/b9-6+. The van der Waals surface area contributed by atoms with E-state index in [1.165, 1.54) is 7.11 Å². The molecule has 3 aromatic rings. The molecule has 6 heteroatoms. The van der Waals surface area contributed by atoms with Crippen molar-refractivity contribution in [1.82, 2.24) is 0 Å². The maximum Gasteiger partial charge on any atom is 0.347 e. The molecule has 0 fully saturated rings. The summed E-state index contributed by atoms with van der Waals surface area (Å²) in [5, 5.41) is 1.04. The lowest BCUT2D eigenvalue weighted by molar-refractivity contribution is 0.391. The summed E-state index contributed by atoms with van der Waals surface area (Å²) in [4.78, 5) is 12.5. The molecule has 0 radical (unpaired) electrons. The Morgan fingerprint density at radius 3 is 2.31 bits per heavy atom. The molecule has 0 aliphatic rings. The van der Waals surface area contributed by atoms with Gasteiger partial charge in [0.25, 0.3) is 0 Å². The second-order valence-electron chi connectivity index (χ2n) is 5.43. The van der Waals surface area contributed by atoms with E-state index < -0.39 is 5.63 Å². The Kier molecular flexibility index (Phi) is 5.32. The fourth-order valence-electron chi connectivity index (χ4n) is 2.61. The minimum absolute atomic E-state index is 0.363. The first kappa shape index (κ1) is 18.1. The molecule has 0 spiro atoms. The van der Waals surface area contributed by atoms with Gasteiger partial charge in [0.05, 0.1) is 21.3 Å². The molecule has 0 saturated heterocycles. The Hall–Kier alpha value is -2.73. The monoisotopic (exact) mass is 416 g/mol. The number of benzene rings is 2.